The van der Waals surface area contributed by atoms with E-state index in [0.29, 0.717) is 11.8 Å². The van der Waals surface area contributed by atoms with Crippen LogP contribution in [-0.4, -0.2) is 14.5 Å². The van der Waals surface area contributed by atoms with Crippen molar-refractivity contribution in [1.82, 2.24) is 14.5 Å². The number of para-hydroxylation sites is 2. The van der Waals surface area contributed by atoms with Crippen LogP contribution in [0, 0.1) is 19.2 Å². The van der Waals surface area contributed by atoms with Crippen molar-refractivity contribution < 1.29 is 28.6 Å². The molecule has 0 N–H and O–H groups in total. The summed E-state index contributed by atoms with van der Waals surface area (Å²) in [5.41, 5.74) is 12.1. The summed E-state index contributed by atoms with van der Waals surface area (Å²) in [6.45, 7) is 7.76. The van der Waals surface area contributed by atoms with Gasteiger partial charge in [-0.15, -0.1) is 35.9 Å². The smallest absolute Gasteiger partial charge is 0.0770 e. The molecule has 4 nitrogen and oxygen atoms in total. The number of nitrogens with zero attached hydrogens (tertiary/aromatic N) is 3. The normalized spacial score (nSPS) is 12.3. The summed E-state index contributed by atoms with van der Waals surface area (Å²) < 4.78 is 30.1. The Hall–Kier alpha value is -5.61. The number of hydrogen-bond acceptors (Lipinski definition) is 3. The predicted octanol–water partition coefficient (Wildman–Crippen LogP) is 13.2. The second kappa shape index (κ2) is 16.4. The summed E-state index contributed by atoms with van der Waals surface area (Å²) in [7, 11) is 0. The number of fused-ring (bicyclic) bond motifs is 3. The van der Waals surface area contributed by atoms with E-state index in [1.54, 1.807) is 18.2 Å². The van der Waals surface area contributed by atoms with E-state index in [1.807, 2.05) is 18.2 Å². The van der Waals surface area contributed by atoms with Gasteiger partial charge < -0.3 is 14.0 Å². The molecule has 5 heteroatoms. The zero-order valence-corrected chi connectivity index (χ0v) is 33.7. The zero-order chi connectivity index (χ0) is 39.7. The second-order valence-electron chi connectivity index (χ2n) is 14.3. The molecule has 0 saturated heterocycles. The molecule has 0 saturated carbocycles. The van der Waals surface area contributed by atoms with Crippen LogP contribution >= 0.6 is 0 Å². The molecule has 0 fully saturated rings. The van der Waals surface area contributed by atoms with Crippen LogP contribution in [0.4, 0.5) is 0 Å². The Balaban J connectivity index is 0.000000254. The maximum atomic E-state index is 7.23. The van der Waals surface area contributed by atoms with E-state index in [9.17, 15) is 0 Å². The summed E-state index contributed by atoms with van der Waals surface area (Å²) in [5.74, 6) is 1.73. The van der Waals surface area contributed by atoms with Crippen molar-refractivity contribution in [3.63, 3.8) is 0 Å². The summed E-state index contributed by atoms with van der Waals surface area (Å²) >= 11 is 0. The number of furan rings is 1. The van der Waals surface area contributed by atoms with Crippen molar-refractivity contribution in [2.45, 2.75) is 52.9 Å². The van der Waals surface area contributed by atoms with Crippen molar-refractivity contribution in [2.75, 3.05) is 0 Å². The minimum absolute atomic E-state index is 0. The van der Waals surface area contributed by atoms with E-state index in [4.69, 9.17) is 13.5 Å². The Morgan fingerprint density at radius 2 is 1.45 bits per heavy atom. The van der Waals surface area contributed by atoms with E-state index in [2.05, 4.69) is 153 Å². The number of pyridine rings is 1. The molecule has 9 aromatic rings. The van der Waals surface area contributed by atoms with Gasteiger partial charge in [0.05, 0.1) is 16.9 Å². The van der Waals surface area contributed by atoms with Crippen molar-refractivity contribution >= 4 is 32.8 Å². The van der Waals surface area contributed by atoms with Crippen molar-refractivity contribution in [3.8, 4) is 33.8 Å². The summed E-state index contributed by atoms with van der Waals surface area (Å²) in [6.07, 6.45) is 4.63. The third-order valence-corrected chi connectivity index (χ3v) is 10.0. The van der Waals surface area contributed by atoms with Gasteiger partial charge in [0.1, 0.15) is 0 Å². The maximum absolute atomic E-state index is 7.23. The van der Waals surface area contributed by atoms with Gasteiger partial charge in [0.25, 0.3) is 0 Å². The Bertz CT molecular complexity index is 2800. The van der Waals surface area contributed by atoms with Crippen LogP contribution in [0.3, 0.4) is 0 Å². The third kappa shape index (κ3) is 7.82. The average Bonchev–Trinajstić information content (AvgIpc) is 3.81. The number of rotatable bonds is 7. The molecule has 6 aromatic carbocycles. The van der Waals surface area contributed by atoms with Crippen LogP contribution in [-0.2, 0) is 26.7 Å². The fourth-order valence-electron chi connectivity index (χ4n) is 7.27. The Labute approximate surface area is 341 Å². The minimum Gasteiger partial charge on any atom is -0.557 e. The molecule has 0 bridgehead atoms. The molecule has 0 atom stereocenters. The molecule has 1 radical (unpaired) electrons. The maximum Gasteiger partial charge on any atom is 0.0770 e. The molecule has 0 amide bonds. The fourth-order valence-corrected chi connectivity index (χ4v) is 7.27. The molecule has 0 aliphatic carbocycles. The standard InChI is InChI=1S/C38H33N2O.C12H10N.Ir/c1-24(2)30-12-9-13-31(25(3)4)33(30)22-40-36-15-8-7-14-35(36)39-38(40)34-23-41-37-19-18-29(21-32(34)37)28-17-16-26-10-5-6-11-27(26)20-28;1-10-7-8-12(13-9-10)11-5-3-2-4-6-11;/h5-21,24-25H,22H2,1-4H3;2-5,7-9H,1H3;/q2*-1;/i;1D3;. The van der Waals surface area contributed by atoms with Gasteiger partial charge in [-0.3, -0.25) is 4.98 Å². The first kappa shape index (κ1) is 33.9. The van der Waals surface area contributed by atoms with Crippen LogP contribution in [0.5, 0.6) is 0 Å². The number of aromatic nitrogens is 3. The quantitative estimate of drug-likeness (QED) is 0.150. The van der Waals surface area contributed by atoms with Crippen molar-refractivity contribution in [1.29, 1.82) is 0 Å². The SMILES string of the molecule is CC(C)c1cccc(C(C)C)c1Cn1c(-c2[c-]oc3ccc(-c4ccc5ccccc5c4)cc23)nc2ccccc21.[2H]C([2H])([2H])c1ccc(-c2[c-]cccc2)nc1.[Ir]. The molecule has 275 valence electrons. The Morgan fingerprint density at radius 1 is 0.727 bits per heavy atom. The monoisotopic (exact) mass is 897 g/mol. The number of hydrogen-bond donors (Lipinski definition) is 0. The van der Waals surface area contributed by atoms with Crippen LogP contribution in [0.2, 0.25) is 0 Å². The van der Waals surface area contributed by atoms with Gasteiger partial charge in [0, 0.05) is 48.8 Å². The first-order valence-electron chi connectivity index (χ1n) is 20.0. The molecule has 0 spiro atoms. The van der Waals surface area contributed by atoms with Crippen molar-refractivity contribution in [2.24, 2.45) is 0 Å². The zero-order valence-electron chi connectivity index (χ0n) is 34.3. The van der Waals surface area contributed by atoms with E-state index in [1.165, 1.54) is 39.2 Å². The van der Waals surface area contributed by atoms with E-state index < -0.39 is 6.85 Å². The van der Waals surface area contributed by atoms with Gasteiger partial charge in [-0.05, 0) is 86.7 Å². The van der Waals surface area contributed by atoms with Gasteiger partial charge in [-0.25, -0.2) is 0 Å². The molecule has 0 aliphatic rings. The molecule has 55 heavy (non-hydrogen) atoms. The van der Waals surface area contributed by atoms with Gasteiger partial charge in [-0.1, -0.05) is 136 Å². The summed E-state index contributed by atoms with van der Waals surface area (Å²) in [5, 5.41) is 3.50. The molecule has 3 aromatic heterocycles. The summed E-state index contributed by atoms with van der Waals surface area (Å²) in [6, 6.07) is 50.5. The van der Waals surface area contributed by atoms with Gasteiger partial charge in [0.15, 0.2) is 0 Å². The van der Waals surface area contributed by atoms with E-state index in [-0.39, 0.29) is 25.7 Å². The number of imidazole rings is 1. The van der Waals surface area contributed by atoms with Gasteiger partial charge in [-0.2, -0.15) is 0 Å². The largest absolute Gasteiger partial charge is 0.557 e. The fraction of sp³-hybridized carbons (Fsp3) is 0.160. The molecule has 3 heterocycles. The minimum atomic E-state index is -2.09. The molecule has 0 aliphatic heterocycles. The first-order valence-corrected chi connectivity index (χ1v) is 18.5. The molecular formula is C50H43IrN3O-2. The molecule has 9 rings (SSSR count). The van der Waals surface area contributed by atoms with Crippen LogP contribution in [0.25, 0.3) is 66.5 Å². The molecular weight excluding hydrogens is 851 g/mol. The number of aryl methyl sites for hydroxylation is 1. The van der Waals surface area contributed by atoms with E-state index in [0.717, 1.165) is 56.8 Å². The average molecular weight is 897 g/mol. The second-order valence-corrected chi connectivity index (χ2v) is 14.3. The van der Waals surface area contributed by atoms with Crippen LogP contribution in [0.15, 0.2) is 150 Å². The van der Waals surface area contributed by atoms with Gasteiger partial charge >= 0.3 is 0 Å². The summed E-state index contributed by atoms with van der Waals surface area (Å²) in [4.78, 5) is 9.29. The number of benzene rings is 6. The Kier molecular flexibility index (Phi) is 10.1. The predicted molar refractivity (Wildman–Crippen MR) is 224 cm³/mol. The van der Waals surface area contributed by atoms with Crippen LogP contribution in [0.1, 0.15) is 65.9 Å². The topological polar surface area (TPSA) is 43.9 Å². The third-order valence-electron chi connectivity index (χ3n) is 10.0. The molecule has 0 unspecified atom stereocenters. The van der Waals surface area contributed by atoms with Gasteiger partial charge in [0.2, 0.25) is 0 Å². The Morgan fingerprint density at radius 3 is 2.18 bits per heavy atom. The van der Waals surface area contributed by atoms with Crippen molar-refractivity contribution in [3.05, 3.63) is 180 Å². The van der Waals surface area contributed by atoms with E-state index >= 15 is 0 Å². The first-order chi connectivity index (χ1) is 27.5. The van der Waals surface area contributed by atoms with Crippen LogP contribution < -0.4 is 0 Å².